The molecule has 0 spiro atoms. The molecule has 0 aliphatic carbocycles. The summed E-state index contributed by atoms with van der Waals surface area (Å²) in [5.74, 6) is 0. The summed E-state index contributed by atoms with van der Waals surface area (Å²) in [5, 5.41) is 35.4. The van der Waals surface area contributed by atoms with Crippen LogP contribution in [-0.4, -0.2) is 97.9 Å². The predicted molar refractivity (Wildman–Crippen MR) is 37.4 cm³/mol. The zero-order chi connectivity index (χ0) is 7.15. The SMILES string of the molecule is O=C(O)O.OB(O)O.[NaH].[NaH]. The number of carbonyl (C=O) groups is 1. The summed E-state index contributed by atoms with van der Waals surface area (Å²) in [6.45, 7) is 0. The van der Waals surface area contributed by atoms with Crippen LogP contribution in [0.5, 0.6) is 0 Å². The molecule has 0 bridgehead atoms. The van der Waals surface area contributed by atoms with E-state index in [0.29, 0.717) is 0 Å². The molecule has 52 valence electrons. The zero-order valence-electron chi connectivity index (χ0n) is 3.72. The molecule has 0 unspecified atom stereocenters. The van der Waals surface area contributed by atoms with Gasteiger partial charge in [-0.05, 0) is 0 Å². The third-order valence-corrected chi connectivity index (χ3v) is 0. The molecule has 5 N–H and O–H groups in total. The van der Waals surface area contributed by atoms with Crippen LogP contribution in [0.4, 0.5) is 4.79 Å². The summed E-state index contributed by atoms with van der Waals surface area (Å²) < 4.78 is 0. The molecule has 9 heteroatoms. The van der Waals surface area contributed by atoms with Crippen molar-refractivity contribution in [2.75, 3.05) is 0 Å². The van der Waals surface area contributed by atoms with Crippen LogP contribution in [0, 0.1) is 0 Å². The normalized spacial score (nSPS) is 5.10. The van der Waals surface area contributed by atoms with Gasteiger partial charge in [0, 0.05) is 0 Å². The molecule has 0 amide bonds. The molecule has 0 aromatic rings. The van der Waals surface area contributed by atoms with E-state index in [4.69, 9.17) is 30.1 Å². The Hall–Kier alpha value is 1.21. The summed E-state index contributed by atoms with van der Waals surface area (Å²) in [4.78, 5) is 8.56. The number of hydrogen-bond donors (Lipinski definition) is 5. The monoisotopic (exact) mass is 172 g/mol. The summed E-state index contributed by atoms with van der Waals surface area (Å²) in [6, 6.07) is 0. The molecule has 0 radical (unpaired) electrons. The number of rotatable bonds is 0. The fraction of sp³-hybridized carbons (Fsp3) is 0. The second-order valence-corrected chi connectivity index (χ2v) is 0.629. The van der Waals surface area contributed by atoms with Crippen LogP contribution in [0.2, 0.25) is 0 Å². The van der Waals surface area contributed by atoms with E-state index in [1.54, 1.807) is 0 Å². The van der Waals surface area contributed by atoms with E-state index in [-0.39, 0.29) is 59.1 Å². The third kappa shape index (κ3) is 421. The average Bonchev–Trinajstić information content (AvgIpc) is 1.25. The Balaban J connectivity index is -0.0000000300. The molecular formula is CH7BNa2O6. The molecule has 0 saturated heterocycles. The Morgan fingerprint density at radius 2 is 1.00 bits per heavy atom. The van der Waals surface area contributed by atoms with Gasteiger partial charge in [-0.25, -0.2) is 4.79 Å². The van der Waals surface area contributed by atoms with Gasteiger partial charge in [-0.3, -0.25) is 0 Å². The summed E-state index contributed by atoms with van der Waals surface area (Å²) in [6.07, 6.45) is -1.83. The van der Waals surface area contributed by atoms with E-state index in [2.05, 4.69) is 0 Å². The van der Waals surface area contributed by atoms with Crippen molar-refractivity contribution in [3.05, 3.63) is 0 Å². The number of carboxylic acid groups (broad SMARTS) is 2. The Kier molecular flexibility index (Phi) is 37.5. The molecule has 0 fully saturated rings. The van der Waals surface area contributed by atoms with Gasteiger partial charge in [0.05, 0.1) is 0 Å². The average molecular weight is 172 g/mol. The molecular weight excluding hydrogens is 165 g/mol. The first-order valence-corrected chi connectivity index (χ1v) is 1.43. The van der Waals surface area contributed by atoms with E-state index < -0.39 is 13.5 Å². The van der Waals surface area contributed by atoms with Crippen LogP contribution in [0.3, 0.4) is 0 Å². The Labute approximate surface area is 102 Å². The van der Waals surface area contributed by atoms with Crippen LogP contribution in [-0.2, 0) is 0 Å². The molecule has 0 aliphatic heterocycles. The molecule has 0 saturated carbocycles. The molecule has 0 rings (SSSR count). The Bertz CT molecular complexity index is 60.0. The molecule has 0 heterocycles. The second kappa shape index (κ2) is 16.7. The second-order valence-electron chi connectivity index (χ2n) is 0.629. The molecule has 0 aliphatic rings. The topological polar surface area (TPSA) is 118 Å². The van der Waals surface area contributed by atoms with E-state index >= 15 is 0 Å². The van der Waals surface area contributed by atoms with Gasteiger partial charge in [0.2, 0.25) is 0 Å². The standard InChI is InChI=1S/CH2O3.BH3O3.2Na.2H/c2*2-1(3)4;;;;/h(H2,2,3,4);2-4H;;;;. The first-order chi connectivity index (χ1) is 3.46. The van der Waals surface area contributed by atoms with Gasteiger partial charge in [0.15, 0.2) is 0 Å². The van der Waals surface area contributed by atoms with Crippen molar-refractivity contribution in [1.29, 1.82) is 0 Å². The van der Waals surface area contributed by atoms with Crippen molar-refractivity contribution in [2.24, 2.45) is 0 Å². The van der Waals surface area contributed by atoms with Gasteiger partial charge < -0.3 is 25.3 Å². The van der Waals surface area contributed by atoms with Crippen LogP contribution in [0.1, 0.15) is 0 Å². The van der Waals surface area contributed by atoms with Crippen LogP contribution in [0.25, 0.3) is 0 Å². The molecule has 6 nitrogen and oxygen atoms in total. The summed E-state index contributed by atoms with van der Waals surface area (Å²) in [7, 11) is -2.17. The van der Waals surface area contributed by atoms with E-state index in [0.717, 1.165) is 0 Å². The minimum atomic E-state index is -2.17. The molecule has 0 aromatic carbocycles. The van der Waals surface area contributed by atoms with Crippen molar-refractivity contribution in [1.82, 2.24) is 0 Å². The van der Waals surface area contributed by atoms with E-state index in [9.17, 15) is 0 Å². The zero-order valence-corrected chi connectivity index (χ0v) is 3.72. The molecule has 0 aromatic heterocycles. The van der Waals surface area contributed by atoms with Crippen molar-refractivity contribution in [3.8, 4) is 0 Å². The van der Waals surface area contributed by atoms with Gasteiger partial charge in [-0.1, -0.05) is 0 Å². The van der Waals surface area contributed by atoms with Crippen LogP contribution in [0.15, 0.2) is 0 Å². The van der Waals surface area contributed by atoms with Gasteiger partial charge in [0.25, 0.3) is 0 Å². The quantitative estimate of drug-likeness (QED) is 0.246. The minimum absolute atomic E-state index is 0. The van der Waals surface area contributed by atoms with Crippen molar-refractivity contribution >= 4 is 72.6 Å². The Morgan fingerprint density at radius 3 is 1.00 bits per heavy atom. The van der Waals surface area contributed by atoms with Crippen LogP contribution < -0.4 is 0 Å². The third-order valence-electron chi connectivity index (χ3n) is 0. The summed E-state index contributed by atoms with van der Waals surface area (Å²) in [5.41, 5.74) is 0. The molecule has 0 atom stereocenters. The first kappa shape index (κ1) is 22.5. The van der Waals surface area contributed by atoms with Crippen molar-refractivity contribution < 1.29 is 30.1 Å². The van der Waals surface area contributed by atoms with E-state index in [1.165, 1.54) is 0 Å². The fourth-order valence-electron chi connectivity index (χ4n) is 0. The number of hydrogen-bond acceptors (Lipinski definition) is 4. The van der Waals surface area contributed by atoms with Crippen molar-refractivity contribution in [3.63, 3.8) is 0 Å². The van der Waals surface area contributed by atoms with Crippen LogP contribution >= 0.6 is 0 Å². The first-order valence-electron chi connectivity index (χ1n) is 1.43. The van der Waals surface area contributed by atoms with Gasteiger partial charge in [0.1, 0.15) is 0 Å². The van der Waals surface area contributed by atoms with Gasteiger partial charge in [-0.15, -0.1) is 0 Å². The van der Waals surface area contributed by atoms with E-state index in [1.807, 2.05) is 0 Å². The Morgan fingerprint density at radius 1 is 1.00 bits per heavy atom. The summed E-state index contributed by atoms with van der Waals surface area (Å²) >= 11 is 0. The maximum atomic E-state index is 8.56. The maximum absolute atomic E-state index is 8.56. The van der Waals surface area contributed by atoms with Crippen molar-refractivity contribution in [2.45, 2.75) is 0 Å². The predicted octanol–water partition coefficient (Wildman–Crippen LogP) is -3.13. The molecule has 10 heavy (non-hydrogen) atoms. The van der Waals surface area contributed by atoms with Gasteiger partial charge in [-0.2, -0.15) is 0 Å². The fourth-order valence-corrected chi connectivity index (χ4v) is 0. The van der Waals surface area contributed by atoms with Gasteiger partial charge >= 0.3 is 72.6 Å².